The Kier molecular flexibility index (Phi) is 4.62. The van der Waals surface area contributed by atoms with E-state index < -0.39 is 5.97 Å². The van der Waals surface area contributed by atoms with Gasteiger partial charge in [-0.3, -0.25) is 4.79 Å². The summed E-state index contributed by atoms with van der Waals surface area (Å²) < 4.78 is 5.61. The second kappa shape index (κ2) is 6.68. The molecule has 2 aromatic heterocycles. The van der Waals surface area contributed by atoms with E-state index in [-0.39, 0.29) is 5.92 Å². The number of anilines is 2. The Labute approximate surface area is 144 Å². The molecule has 2 aromatic rings. The lowest BCUT2D eigenvalue weighted by Crippen LogP contribution is -2.37. The van der Waals surface area contributed by atoms with Crippen LogP contribution in [0.15, 0.2) is 16.8 Å². The molecule has 0 unspecified atom stereocenters. The monoisotopic (exact) mass is 350 g/mol. The van der Waals surface area contributed by atoms with E-state index in [4.69, 9.17) is 26.9 Å². The molecule has 8 heteroatoms. The number of carboxylic acids is 1. The van der Waals surface area contributed by atoms with Gasteiger partial charge in [0.1, 0.15) is 16.6 Å². The number of nitrogens with zero attached hydrogens (tertiary/aromatic N) is 3. The van der Waals surface area contributed by atoms with Crippen LogP contribution in [-0.4, -0.2) is 34.1 Å². The summed E-state index contributed by atoms with van der Waals surface area (Å²) in [5, 5.41) is 9.43. The van der Waals surface area contributed by atoms with Gasteiger partial charge < -0.3 is 20.2 Å². The van der Waals surface area contributed by atoms with Crippen LogP contribution in [-0.2, 0) is 11.2 Å². The number of carboxylic acid groups (broad SMARTS) is 1. The number of oxazole rings is 1. The zero-order valence-electron chi connectivity index (χ0n) is 13.3. The number of pyridine rings is 1. The lowest BCUT2D eigenvalue weighted by molar-refractivity contribution is -0.142. The van der Waals surface area contributed by atoms with E-state index in [0.29, 0.717) is 53.9 Å². The van der Waals surface area contributed by atoms with Gasteiger partial charge in [-0.15, -0.1) is 0 Å². The first-order chi connectivity index (χ1) is 11.5. The number of aliphatic carboxylic acids is 1. The average molecular weight is 351 g/mol. The maximum atomic E-state index is 11.0. The van der Waals surface area contributed by atoms with E-state index in [9.17, 15) is 4.79 Å². The molecule has 0 amide bonds. The number of piperidine rings is 1. The summed E-state index contributed by atoms with van der Waals surface area (Å²) in [7, 11) is 0. The number of aromatic nitrogens is 2. The van der Waals surface area contributed by atoms with Gasteiger partial charge in [-0.2, -0.15) is 0 Å². The highest BCUT2D eigenvalue weighted by Crippen LogP contribution is 2.37. The number of rotatable bonds is 4. The van der Waals surface area contributed by atoms with Crippen LogP contribution in [0, 0.1) is 5.92 Å². The summed E-state index contributed by atoms with van der Waals surface area (Å²) in [5.74, 6) is 0.676. The Hall–Kier alpha value is -2.28. The van der Waals surface area contributed by atoms with Crippen molar-refractivity contribution in [2.24, 2.45) is 5.92 Å². The van der Waals surface area contributed by atoms with Crippen LogP contribution in [0.4, 0.5) is 11.5 Å². The zero-order chi connectivity index (χ0) is 17.3. The normalized spacial score (nSPS) is 15.7. The predicted molar refractivity (Wildman–Crippen MR) is 91.1 cm³/mol. The number of nitrogens with two attached hydrogens (primary N) is 1. The summed E-state index contributed by atoms with van der Waals surface area (Å²) in [6.45, 7) is 3.14. The van der Waals surface area contributed by atoms with Crippen molar-refractivity contribution in [3.05, 3.63) is 23.2 Å². The lowest BCUT2D eigenvalue weighted by atomic mass is 9.97. The summed E-state index contributed by atoms with van der Waals surface area (Å²) in [4.78, 5) is 21.6. The van der Waals surface area contributed by atoms with Crippen LogP contribution in [0.1, 0.15) is 25.5 Å². The molecule has 3 N–H and O–H groups in total. The molecule has 1 fully saturated rings. The Morgan fingerprint density at radius 3 is 2.71 bits per heavy atom. The van der Waals surface area contributed by atoms with Gasteiger partial charge in [-0.1, -0.05) is 18.5 Å². The fraction of sp³-hybridized carbons (Fsp3) is 0.438. The fourth-order valence-electron chi connectivity index (χ4n) is 2.82. The molecule has 1 aliphatic rings. The smallest absolute Gasteiger partial charge is 0.306 e. The third kappa shape index (κ3) is 3.03. The van der Waals surface area contributed by atoms with Crippen molar-refractivity contribution >= 4 is 29.1 Å². The van der Waals surface area contributed by atoms with E-state index in [1.54, 1.807) is 12.4 Å². The number of halogens is 1. The highest BCUT2D eigenvalue weighted by Gasteiger charge is 2.27. The lowest BCUT2D eigenvalue weighted by Gasteiger charge is -2.31. The molecule has 1 saturated heterocycles. The van der Waals surface area contributed by atoms with E-state index in [2.05, 4.69) is 9.97 Å². The van der Waals surface area contributed by atoms with Crippen molar-refractivity contribution in [2.75, 3.05) is 23.7 Å². The Morgan fingerprint density at radius 1 is 1.42 bits per heavy atom. The maximum Gasteiger partial charge on any atom is 0.306 e. The molecule has 24 heavy (non-hydrogen) atoms. The van der Waals surface area contributed by atoms with Gasteiger partial charge in [0.25, 0.3) is 0 Å². The van der Waals surface area contributed by atoms with Crippen LogP contribution in [0.25, 0.3) is 11.5 Å². The Balaban J connectivity index is 1.84. The van der Waals surface area contributed by atoms with Gasteiger partial charge in [0.15, 0.2) is 0 Å². The molecule has 0 saturated carbocycles. The Morgan fingerprint density at radius 2 is 2.12 bits per heavy atom. The number of nitrogen functional groups attached to an aromatic ring is 1. The van der Waals surface area contributed by atoms with Gasteiger partial charge in [0.05, 0.1) is 23.4 Å². The summed E-state index contributed by atoms with van der Waals surface area (Å²) in [5.41, 5.74) is 7.08. The van der Waals surface area contributed by atoms with Crippen LogP contribution in [0.5, 0.6) is 0 Å². The topological polar surface area (TPSA) is 105 Å². The molecule has 128 valence electrons. The number of carbonyl (C=O) groups is 1. The highest BCUT2D eigenvalue weighted by atomic mass is 35.5. The number of hydrogen-bond donors (Lipinski definition) is 2. The van der Waals surface area contributed by atoms with Crippen molar-refractivity contribution in [3.63, 3.8) is 0 Å². The van der Waals surface area contributed by atoms with Gasteiger partial charge >= 0.3 is 5.97 Å². The van der Waals surface area contributed by atoms with Crippen LogP contribution >= 0.6 is 11.6 Å². The minimum Gasteiger partial charge on any atom is -0.481 e. The predicted octanol–water partition coefficient (Wildman–Crippen LogP) is 2.84. The van der Waals surface area contributed by atoms with Gasteiger partial charge in [0, 0.05) is 25.7 Å². The van der Waals surface area contributed by atoms with Crippen molar-refractivity contribution in [1.29, 1.82) is 0 Å². The molecule has 0 atom stereocenters. The van der Waals surface area contributed by atoms with E-state index >= 15 is 0 Å². The van der Waals surface area contributed by atoms with Crippen LogP contribution in [0.2, 0.25) is 5.02 Å². The first-order valence-electron chi connectivity index (χ1n) is 7.88. The van der Waals surface area contributed by atoms with Gasteiger partial charge in [-0.25, -0.2) is 9.97 Å². The molecule has 0 aromatic carbocycles. The van der Waals surface area contributed by atoms with Crippen molar-refractivity contribution < 1.29 is 14.3 Å². The molecular weight excluding hydrogens is 332 g/mol. The summed E-state index contributed by atoms with van der Waals surface area (Å²) >= 11 is 6.41. The minimum atomic E-state index is -0.751. The molecule has 7 nitrogen and oxygen atoms in total. The van der Waals surface area contributed by atoms with Gasteiger partial charge in [-0.05, 0) is 12.8 Å². The molecule has 3 heterocycles. The third-order valence-electron chi connectivity index (χ3n) is 4.32. The summed E-state index contributed by atoms with van der Waals surface area (Å²) in [6, 6.07) is 0. The second-order valence-electron chi connectivity index (χ2n) is 5.81. The highest BCUT2D eigenvalue weighted by molar-refractivity contribution is 6.36. The molecule has 0 aliphatic carbocycles. The van der Waals surface area contributed by atoms with E-state index in [0.717, 1.165) is 12.2 Å². The standard InChI is InChI=1S/C16H19ClN4O3/c1-2-10-7-20-15(24-10)11-8-19-14(12(17)13(11)18)21-5-3-9(4-6-21)16(22)23/h7-9H,2-6H2,1H3,(H2,18,19)(H,22,23). The SMILES string of the molecule is CCc1cnc(-c2cnc(N3CCC(C(=O)O)CC3)c(Cl)c2N)o1. The molecule has 0 spiro atoms. The first-order valence-corrected chi connectivity index (χ1v) is 8.25. The Bertz CT molecular complexity index is 754. The van der Waals surface area contributed by atoms with Crippen molar-refractivity contribution in [1.82, 2.24) is 9.97 Å². The fourth-order valence-corrected chi connectivity index (χ4v) is 3.09. The minimum absolute atomic E-state index is 0.309. The van der Waals surface area contributed by atoms with Gasteiger partial charge in [0.2, 0.25) is 5.89 Å². The number of aryl methyl sites for hydroxylation is 1. The molecule has 0 radical (unpaired) electrons. The largest absolute Gasteiger partial charge is 0.481 e. The summed E-state index contributed by atoms with van der Waals surface area (Å²) in [6.07, 6.45) is 5.13. The van der Waals surface area contributed by atoms with Crippen LogP contribution < -0.4 is 10.6 Å². The average Bonchev–Trinajstić information content (AvgIpc) is 3.06. The number of hydrogen-bond acceptors (Lipinski definition) is 6. The van der Waals surface area contributed by atoms with E-state index in [1.807, 2.05) is 11.8 Å². The molecule has 0 bridgehead atoms. The maximum absolute atomic E-state index is 11.0. The van der Waals surface area contributed by atoms with Crippen molar-refractivity contribution in [2.45, 2.75) is 26.2 Å². The second-order valence-corrected chi connectivity index (χ2v) is 6.19. The van der Waals surface area contributed by atoms with Crippen LogP contribution in [0.3, 0.4) is 0 Å². The molecule has 3 rings (SSSR count). The molecular formula is C16H19ClN4O3. The quantitative estimate of drug-likeness (QED) is 0.873. The third-order valence-corrected chi connectivity index (χ3v) is 4.69. The first kappa shape index (κ1) is 16.6. The molecule has 1 aliphatic heterocycles. The van der Waals surface area contributed by atoms with E-state index in [1.165, 1.54) is 0 Å². The zero-order valence-corrected chi connectivity index (χ0v) is 14.1. The van der Waals surface area contributed by atoms with Crippen molar-refractivity contribution in [3.8, 4) is 11.5 Å².